The molecule has 4 rings (SSSR count). The quantitative estimate of drug-likeness (QED) is 0.831. The number of nitrogens with zero attached hydrogens (tertiary/aromatic N) is 6. The van der Waals surface area contributed by atoms with Crippen LogP contribution in [0.4, 0.5) is 0 Å². The summed E-state index contributed by atoms with van der Waals surface area (Å²) >= 11 is 0. The van der Waals surface area contributed by atoms with E-state index < -0.39 is 0 Å². The van der Waals surface area contributed by atoms with Crippen molar-refractivity contribution in [3.05, 3.63) is 30.1 Å². The first-order valence-corrected chi connectivity index (χ1v) is 7.96. The van der Waals surface area contributed by atoms with E-state index in [9.17, 15) is 4.79 Å². The molecule has 22 heavy (non-hydrogen) atoms. The van der Waals surface area contributed by atoms with Crippen LogP contribution in [0.15, 0.2) is 18.7 Å². The number of aryl methyl sites for hydroxylation is 1. The molecule has 1 fully saturated rings. The molecule has 0 radical (unpaired) electrons. The van der Waals surface area contributed by atoms with Crippen molar-refractivity contribution in [2.24, 2.45) is 0 Å². The Balaban J connectivity index is 1.32. The summed E-state index contributed by atoms with van der Waals surface area (Å²) in [6.45, 7) is 3.02. The molecule has 0 saturated heterocycles. The zero-order chi connectivity index (χ0) is 14.9. The first-order valence-electron chi connectivity index (χ1n) is 7.96. The Morgan fingerprint density at radius 2 is 2.23 bits per heavy atom. The molecule has 3 heterocycles. The van der Waals surface area contributed by atoms with Gasteiger partial charge in [-0.25, -0.2) is 4.98 Å². The molecule has 0 atom stereocenters. The van der Waals surface area contributed by atoms with Gasteiger partial charge in [-0.1, -0.05) is 0 Å². The monoisotopic (exact) mass is 300 g/mol. The molecule has 0 N–H and O–H groups in total. The summed E-state index contributed by atoms with van der Waals surface area (Å²) in [5, 5.41) is 8.71. The van der Waals surface area contributed by atoms with Gasteiger partial charge < -0.3 is 4.90 Å². The maximum absolute atomic E-state index is 12.3. The highest BCUT2D eigenvalue weighted by molar-refractivity contribution is 5.76. The zero-order valence-corrected chi connectivity index (χ0v) is 12.6. The van der Waals surface area contributed by atoms with Crippen molar-refractivity contribution < 1.29 is 4.79 Å². The minimum Gasteiger partial charge on any atom is -0.335 e. The van der Waals surface area contributed by atoms with Gasteiger partial charge in [-0.05, 0) is 25.3 Å². The average molecular weight is 300 g/mol. The first kappa shape index (κ1) is 13.5. The minimum atomic E-state index is 0.223. The van der Waals surface area contributed by atoms with E-state index in [0.717, 1.165) is 26.1 Å². The first-order chi connectivity index (χ1) is 10.8. The number of hydrogen-bond donors (Lipinski definition) is 0. The third-order valence-corrected chi connectivity index (χ3v) is 4.41. The van der Waals surface area contributed by atoms with E-state index in [0.29, 0.717) is 18.9 Å². The normalized spacial score (nSPS) is 17.5. The van der Waals surface area contributed by atoms with Gasteiger partial charge in [0.05, 0.1) is 24.5 Å². The van der Waals surface area contributed by atoms with Crippen LogP contribution in [0.25, 0.3) is 0 Å². The molecule has 1 amide bonds. The maximum atomic E-state index is 12.3. The molecule has 7 heteroatoms. The van der Waals surface area contributed by atoms with Crippen molar-refractivity contribution in [3.8, 4) is 0 Å². The minimum absolute atomic E-state index is 0.223. The highest BCUT2D eigenvalue weighted by Gasteiger charge is 2.29. The second-order valence-corrected chi connectivity index (χ2v) is 6.14. The lowest BCUT2D eigenvalue weighted by molar-refractivity contribution is -0.132. The number of carbonyl (C=O) groups is 1. The van der Waals surface area contributed by atoms with E-state index in [1.54, 1.807) is 11.0 Å². The highest BCUT2D eigenvalue weighted by Crippen LogP contribution is 2.39. The lowest BCUT2D eigenvalue weighted by atomic mass is 10.2. The average Bonchev–Trinajstić information content (AvgIpc) is 3.09. The van der Waals surface area contributed by atoms with Gasteiger partial charge in [-0.15, -0.1) is 0 Å². The van der Waals surface area contributed by atoms with E-state index >= 15 is 0 Å². The lowest BCUT2D eigenvalue weighted by Gasteiger charge is -2.27. The van der Waals surface area contributed by atoms with E-state index in [-0.39, 0.29) is 5.91 Å². The molecule has 1 saturated carbocycles. The van der Waals surface area contributed by atoms with Gasteiger partial charge in [0.2, 0.25) is 5.91 Å². The number of rotatable bonds is 5. The molecule has 0 aromatic carbocycles. The highest BCUT2D eigenvalue weighted by atomic mass is 16.2. The van der Waals surface area contributed by atoms with Crippen LogP contribution >= 0.6 is 0 Å². The van der Waals surface area contributed by atoms with Crippen LogP contribution in [0.2, 0.25) is 0 Å². The predicted molar refractivity (Wildman–Crippen MR) is 78.9 cm³/mol. The van der Waals surface area contributed by atoms with Crippen LogP contribution in [0.5, 0.6) is 0 Å². The van der Waals surface area contributed by atoms with Gasteiger partial charge in [0.15, 0.2) is 0 Å². The zero-order valence-electron chi connectivity index (χ0n) is 12.6. The molecule has 1 aliphatic carbocycles. The number of fused-ring (bicyclic) bond motifs is 1. The largest absolute Gasteiger partial charge is 0.335 e. The standard InChI is InChI=1S/C15H20N6O/c22-15(2-1-5-20-11-16-10-17-20)19-6-7-21-13(9-19)8-14(18-21)12-3-4-12/h8,10-12H,1-7,9H2. The van der Waals surface area contributed by atoms with Crippen LogP contribution in [-0.2, 0) is 24.4 Å². The van der Waals surface area contributed by atoms with Gasteiger partial charge in [-0.2, -0.15) is 10.2 Å². The molecule has 0 spiro atoms. The molecule has 1 aliphatic heterocycles. The summed E-state index contributed by atoms with van der Waals surface area (Å²) in [6, 6.07) is 2.19. The van der Waals surface area contributed by atoms with E-state index in [2.05, 4.69) is 25.9 Å². The van der Waals surface area contributed by atoms with Crippen molar-refractivity contribution >= 4 is 5.91 Å². The van der Waals surface area contributed by atoms with Gasteiger partial charge in [-0.3, -0.25) is 14.2 Å². The van der Waals surface area contributed by atoms with E-state index in [4.69, 9.17) is 0 Å². The fraction of sp³-hybridized carbons (Fsp3) is 0.600. The summed E-state index contributed by atoms with van der Waals surface area (Å²) in [6.07, 6.45) is 7.09. The Hall–Kier alpha value is -2.18. The summed E-state index contributed by atoms with van der Waals surface area (Å²) in [5.74, 6) is 0.894. The van der Waals surface area contributed by atoms with Crippen LogP contribution in [0, 0.1) is 0 Å². The van der Waals surface area contributed by atoms with Crippen LogP contribution < -0.4 is 0 Å². The summed E-state index contributed by atoms with van der Waals surface area (Å²) in [7, 11) is 0. The van der Waals surface area contributed by atoms with Gasteiger partial charge in [0.25, 0.3) is 0 Å². The second-order valence-electron chi connectivity index (χ2n) is 6.14. The van der Waals surface area contributed by atoms with Crippen LogP contribution in [0.3, 0.4) is 0 Å². The summed E-state index contributed by atoms with van der Waals surface area (Å²) in [5.41, 5.74) is 2.40. The smallest absolute Gasteiger partial charge is 0.223 e. The van der Waals surface area contributed by atoms with Crippen molar-refractivity contribution in [2.75, 3.05) is 6.54 Å². The number of hydrogen-bond acceptors (Lipinski definition) is 4. The van der Waals surface area contributed by atoms with Crippen molar-refractivity contribution in [1.82, 2.24) is 29.4 Å². The summed E-state index contributed by atoms with van der Waals surface area (Å²) in [4.78, 5) is 18.2. The van der Waals surface area contributed by atoms with Crippen molar-refractivity contribution in [3.63, 3.8) is 0 Å². The van der Waals surface area contributed by atoms with E-state index in [1.165, 1.54) is 30.6 Å². The van der Waals surface area contributed by atoms with Crippen LogP contribution in [-0.4, -0.2) is 41.9 Å². The lowest BCUT2D eigenvalue weighted by Crippen LogP contribution is -2.38. The summed E-state index contributed by atoms with van der Waals surface area (Å²) < 4.78 is 3.84. The Kier molecular flexibility index (Phi) is 3.40. The second kappa shape index (κ2) is 5.55. The third kappa shape index (κ3) is 2.75. The molecule has 0 bridgehead atoms. The predicted octanol–water partition coefficient (Wildman–Crippen LogP) is 1.17. The molecular formula is C15H20N6O. The topological polar surface area (TPSA) is 68.8 Å². The molecule has 2 aromatic rings. The van der Waals surface area contributed by atoms with Gasteiger partial charge in [0, 0.05) is 25.4 Å². The molecule has 2 aliphatic rings. The van der Waals surface area contributed by atoms with Crippen molar-refractivity contribution in [1.29, 1.82) is 0 Å². The number of amides is 1. The fourth-order valence-electron chi connectivity index (χ4n) is 2.98. The SMILES string of the molecule is O=C(CCCn1cncn1)N1CCn2nc(C3CC3)cc2C1. The Labute approximate surface area is 128 Å². The fourth-order valence-corrected chi connectivity index (χ4v) is 2.98. The Bertz CT molecular complexity index is 658. The molecule has 2 aromatic heterocycles. The molecule has 0 unspecified atom stereocenters. The molecule has 116 valence electrons. The third-order valence-electron chi connectivity index (χ3n) is 4.41. The van der Waals surface area contributed by atoms with Gasteiger partial charge in [0.1, 0.15) is 12.7 Å². The Morgan fingerprint density at radius 3 is 3.00 bits per heavy atom. The Morgan fingerprint density at radius 1 is 1.32 bits per heavy atom. The van der Waals surface area contributed by atoms with Gasteiger partial charge >= 0.3 is 0 Å². The maximum Gasteiger partial charge on any atom is 0.223 e. The van der Waals surface area contributed by atoms with Crippen molar-refractivity contribution in [2.45, 2.75) is 51.2 Å². The van der Waals surface area contributed by atoms with E-state index in [1.807, 2.05) is 4.90 Å². The molecular weight excluding hydrogens is 280 g/mol. The molecule has 7 nitrogen and oxygen atoms in total. The number of aromatic nitrogens is 5. The van der Waals surface area contributed by atoms with Crippen LogP contribution in [0.1, 0.15) is 43.0 Å². The number of carbonyl (C=O) groups excluding carboxylic acids is 1.